The fraction of sp³-hybridized carbons (Fsp3) is 0.143. The molecule has 1 atom stereocenters. The average molecular weight is 450 g/mol. The highest BCUT2D eigenvalue weighted by Crippen LogP contribution is 2.35. The van der Waals surface area contributed by atoms with Crippen LogP contribution in [0.3, 0.4) is 0 Å². The standard InChI is InChI=1S/C14H9F2IN2O3S/c15-8-2-1-3-9(16)12(8)14(21)18-5-11(20)19(22)13(18)10-4-7(17)6-23-10/h1-4,6,13,22H,5H2. The molecule has 3 rings (SSSR count). The number of hydrogen-bond acceptors (Lipinski definition) is 4. The van der Waals surface area contributed by atoms with Gasteiger partial charge in [0.1, 0.15) is 23.7 Å². The van der Waals surface area contributed by atoms with E-state index in [-0.39, 0.29) is 0 Å². The molecule has 9 heteroatoms. The van der Waals surface area contributed by atoms with Crippen molar-refractivity contribution in [3.63, 3.8) is 0 Å². The Bertz CT molecular complexity index is 778. The van der Waals surface area contributed by atoms with Crippen LogP contribution >= 0.6 is 33.9 Å². The van der Waals surface area contributed by atoms with E-state index in [1.807, 2.05) is 22.6 Å². The molecule has 1 aliphatic heterocycles. The smallest absolute Gasteiger partial charge is 0.268 e. The van der Waals surface area contributed by atoms with Gasteiger partial charge in [-0.2, -0.15) is 5.06 Å². The van der Waals surface area contributed by atoms with Gasteiger partial charge in [0, 0.05) is 8.95 Å². The zero-order chi connectivity index (χ0) is 16.7. The third-order valence-electron chi connectivity index (χ3n) is 3.37. The number of halogens is 3. The molecule has 5 nitrogen and oxygen atoms in total. The van der Waals surface area contributed by atoms with Crippen LogP contribution in [0, 0.1) is 15.2 Å². The number of benzene rings is 1. The van der Waals surface area contributed by atoms with E-state index in [9.17, 15) is 23.6 Å². The van der Waals surface area contributed by atoms with Crippen molar-refractivity contribution in [2.24, 2.45) is 0 Å². The molecule has 1 saturated heterocycles. The Hall–Kier alpha value is -1.59. The lowest BCUT2D eigenvalue weighted by molar-refractivity contribution is -0.168. The highest BCUT2D eigenvalue weighted by molar-refractivity contribution is 14.1. The van der Waals surface area contributed by atoms with Crippen molar-refractivity contribution in [2.45, 2.75) is 6.17 Å². The van der Waals surface area contributed by atoms with E-state index in [0.717, 1.165) is 26.7 Å². The van der Waals surface area contributed by atoms with Gasteiger partial charge in [0.25, 0.3) is 11.8 Å². The lowest BCUT2D eigenvalue weighted by atomic mass is 10.1. The molecule has 1 N–H and O–H groups in total. The molecule has 0 spiro atoms. The van der Waals surface area contributed by atoms with Crippen LogP contribution in [0.25, 0.3) is 0 Å². The van der Waals surface area contributed by atoms with Gasteiger partial charge in [-0.25, -0.2) is 8.78 Å². The van der Waals surface area contributed by atoms with Crippen LogP contribution in [0.1, 0.15) is 21.4 Å². The van der Waals surface area contributed by atoms with Gasteiger partial charge in [0.2, 0.25) is 0 Å². The van der Waals surface area contributed by atoms with Gasteiger partial charge < -0.3 is 4.90 Å². The lowest BCUT2D eigenvalue weighted by Crippen LogP contribution is -2.34. The van der Waals surface area contributed by atoms with Crippen LogP contribution in [-0.2, 0) is 4.79 Å². The molecule has 0 bridgehead atoms. The topological polar surface area (TPSA) is 60.9 Å². The van der Waals surface area contributed by atoms with Crippen molar-refractivity contribution in [1.29, 1.82) is 0 Å². The van der Waals surface area contributed by atoms with E-state index in [1.54, 1.807) is 11.4 Å². The Kier molecular flexibility index (Phi) is 4.34. The summed E-state index contributed by atoms with van der Waals surface area (Å²) in [6.45, 7) is -0.456. The van der Waals surface area contributed by atoms with Gasteiger partial charge in [-0.1, -0.05) is 6.07 Å². The molecule has 0 saturated carbocycles. The van der Waals surface area contributed by atoms with Gasteiger partial charge in [0.15, 0.2) is 6.17 Å². The summed E-state index contributed by atoms with van der Waals surface area (Å²) in [5, 5.41) is 12.1. The number of nitrogens with zero attached hydrogens (tertiary/aromatic N) is 2. The highest BCUT2D eigenvalue weighted by Gasteiger charge is 2.43. The van der Waals surface area contributed by atoms with Crippen LogP contribution in [0.15, 0.2) is 29.6 Å². The minimum atomic E-state index is -1.09. The summed E-state index contributed by atoms with van der Waals surface area (Å²) in [6.07, 6.45) is -1.09. The summed E-state index contributed by atoms with van der Waals surface area (Å²) in [7, 11) is 0. The lowest BCUT2D eigenvalue weighted by Gasteiger charge is -2.25. The SMILES string of the molecule is O=C1CN(C(=O)c2c(F)cccc2F)C(c2cc(I)cs2)N1O. The van der Waals surface area contributed by atoms with Crippen LogP contribution in [0.4, 0.5) is 8.78 Å². The fourth-order valence-electron chi connectivity index (χ4n) is 2.34. The Labute approximate surface area is 147 Å². The van der Waals surface area contributed by atoms with Crippen LogP contribution in [0.2, 0.25) is 0 Å². The zero-order valence-electron chi connectivity index (χ0n) is 11.4. The van der Waals surface area contributed by atoms with Crippen molar-refractivity contribution < 1.29 is 23.6 Å². The third kappa shape index (κ3) is 2.83. The molecule has 2 heterocycles. The summed E-state index contributed by atoms with van der Waals surface area (Å²) in [5.41, 5.74) is -0.744. The first-order chi connectivity index (χ1) is 10.9. The van der Waals surface area contributed by atoms with E-state index >= 15 is 0 Å². The van der Waals surface area contributed by atoms with E-state index < -0.39 is 41.7 Å². The summed E-state index contributed by atoms with van der Waals surface area (Å²) < 4.78 is 28.5. The van der Waals surface area contributed by atoms with Gasteiger partial charge in [0.05, 0.1) is 4.88 Å². The zero-order valence-corrected chi connectivity index (χ0v) is 14.3. The summed E-state index contributed by atoms with van der Waals surface area (Å²) in [5.74, 6) is -3.74. The van der Waals surface area contributed by atoms with E-state index in [2.05, 4.69) is 0 Å². The molecule has 23 heavy (non-hydrogen) atoms. The number of amides is 2. The number of hydroxylamine groups is 2. The Morgan fingerprint density at radius 2 is 2.00 bits per heavy atom. The van der Waals surface area contributed by atoms with Crippen molar-refractivity contribution in [3.05, 3.63) is 55.3 Å². The number of thiophene rings is 1. The molecule has 120 valence electrons. The molecule has 0 radical (unpaired) electrons. The first-order valence-electron chi connectivity index (χ1n) is 6.40. The molecule has 2 aromatic rings. The maximum Gasteiger partial charge on any atom is 0.268 e. The molecule has 1 aliphatic rings. The van der Waals surface area contributed by atoms with Crippen molar-refractivity contribution >= 4 is 45.7 Å². The van der Waals surface area contributed by atoms with Crippen LogP contribution < -0.4 is 0 Å². The van der Waals surface area contributed by atoms with E-state index in [1.165, 1.54) is 11.3 Å². The van der Waals surface area contributed by atoms with Gasteiger partial charge >= 0.3 is 0 Å². The Morgan fingerprint density at radius 1 is 1.35 bits per heavy atom. The second-order valence-corrected chi connectivity index (χ2v) is 7.00. The number of carbonyl (C=O) groups is 2. The largest absolute Gasteiger partial charge is 0.302 e. The van der Waals surface area contributed by atoms with Gasteiger partial charge in [-0.05, 0) is 40.8 Å². The van der Waals surface area contributed by atoms with Crippen molar-refractivity contribution in [3.8, 4) is 0 Å². The Balaban J connectivity index is 2.03. The summed E-state index contributed by atoms with van der Waals surface area (Å²) >= 11 is 3.28. The first kappa shape index (κ1) is 16.3. The summed E-state index contributed by atoms with van der Waals surface area (Å²) in [4.78, 5) is 25.8. The van der Waals surface area contributed by atoms with Gasteiger partial charge in [-0.15, -0.1) is 11.3 Å². The summed E-state index contributed by atoms with van der Waals surface area (Å²) in [6, 6.07) is 4.77. The molecule has 2 amide bonds. The van der Waals surface area contributed by atoms with Crippen LogP contribution in [-0.4, -0.2) is 33.5 Å². The monoisotopic (exact) mass is 450 g/mol. The second kappa shape index (κ2) is 6.13. The first-order valence-corrected chi connectivity index (χ1v) is 8.36. The molecule has 1 fully saturated rings. The number of hydrogen-bond donors (Lipinski definition) is 1. The third-order valence-corrected chi connectivity index (χ3v) is 5.39. The van der Waals surface area contributed by atoms with Gasteiger partial charge in [-0.3, -0.25) is 14.8 Å². The predicted octanol–water partition coefficient (Wildman–Crippen LogP) is 3.00. The van der Waals surface area contributed by atoms with E-state index in [0.29, 0.717) is 9.94 Å². The minimum absolute atomic E-state index is 0.415. The normalized spacial score (nSPS) is 17.9. The molecule has 1 aromatic carbocycles. The maximum atomic E-state index is 13.8. The Morgan fingerprint density at radius 3 is 2.57 bits per heavy atom. The molecular formula is C14H9F2IN2O3S. The fourth-order valence-corrected chi connectivity index (χ4v) is 4.13. The molecule has 1 unspecified atom stereocenters. The number of carbonyl (C=O) groups excluding carboxylic acids is 2. The van der Waals surface area contributed by atoms with E-state index in [4.69, 9.17) is 0 Å². The van der Waals surface area contributed by atoms with Crippen molar-refractivity contribution in [1.82, 2.24) is 9.96 Å². The van der Waals surface area contributed by atoms with Crippen molar-refractivity contribution in [2.75, 3.05) is 6.54 Å². The second-order valence-electron chi connectivity index (χ2n) is 4.81. The maximum absolute atomic E-state index is 13.8. The highest BCUT2D eigenvalue weighted by atomic mass is 127. The average Bonchev–Trinajstić information content (AvgIpc) is 3.03. The molecular weight excluding hydrogens is 441 g/mol. The molecule has 0 aliphatic carbocycles. The minimum Gasteiger partial charge on any atom is -0.302 e. The molecule has 1 aromatic heterocycles. The quantitative estimate of drug-likeness (QED) is 0.566. The van der Waals surface area contributed by atoms with Crippen LogP contribution in [0.5, 0.6) is 0 Å². The predicted molar refractivity (Wildman–Crippen MR) is 85.8 cm³/mol. The number of rotatable bonds is 2.